The Kier molecular flexibility index (Phi) is 7.38. The number of hydrogen-bond acceptors (Lipinski definition) is 8. The van der Waals surface area contributed by atoms with Crippen LogP contribution in [0.1, 0.15) is 12.6 Å². The van der Waals surface area contributed by atoms with Crippen LogP contribution in [-0.2, 0) is 18.6 Å². The van der Waals surface area contributed by atoms with E-state index in [1.807, 2.05) is 0 Å². The number of hydrogen-bond donors (Lipinski definition) is 4. The molecule has 1 fully saturated rings. The lowest BCUT2D eigenvalue weighted by Crippen LogP contribution is -2.48. The number of aromatic nitrogens is 2. The summed E-state index contributed by atoms with van der Waals surface area (Å²) in [6, 6.07) is 12.9. The van der Waals surface area contributed by atoms with Gasteiger partial charge in [0.25, 0.3) is 5.56 Å². The maximum absolute atomic E-state index is 13.7. The minimum Gasteiger partial charge on any atom is -0.479 e. The number of rotatable bonds is 8. The van der Waals surface area contributed by atoms with Gasteiger partial charge in [-0.3, -0.25) is 23.8 Å². The van der Waals surface area contributed by atoms with E-state index in [2.05, 4.69) is 0 Å². The van der Waals surface area contributed by atoms with Crippen molar-refractivity contribution in [2.45, 2.75) is 24.4 Å². The fraction of sp³-hybridized carbons (Fsp3) is 0.227. The molecule has 12 nitrogen and oxygen atoms in total. The van der Waals surface area contributed by atoms with Gasteiger partial charge in [-0.15, -0.1) is 0 Å². The number of halogens is 2. The van der Waals surface area contributed by atoms with E-state index in [0.717, 1.165) is 0 Å². The van der Waals surface area contributed by atoms with Gasteiger partial charge in [0.15, 0.2) is 5.60 Å². The maximum Gasteiger partial charge on any atom is 0.527 e. The summed E-state index contributed by atoms with van der Waals surface area (Å²) >= 11 is 6.05. The molecule has 1 aromatic heterocycles. The van der Waals surface area contributed by atoms with Crippen LogP contribution in [0.25, 0.3) is 11.1 Å². The van der Waals surface area contributed by atoms with Gasteiger partial charge in [0.2, 0.25) is 5.82 Å². The molecule has 4 rings (SSSR count). The largest absolute Gasteiger partial charge is 0.527 e. The van der Waals surface area contributed by atoms with Crippen molar-refractivity contribution < 1.29 is 42.6 Å². The fourth-order valence-electron chi connectivity index (χ4n) is 3.73. The summed E-state index contributed by atoms with van der Waals surface area (Å²) in [7, 11) is -4.93. The van der Waals surface area contributed by atoms with Crippen LogP contribution in [0.2, 0.25) is 5.02 Å². The average molecular weight is 557 g/mol. The van der Waals surface area contributed by atoms with Crippen LogP contribution >= 0.6 is 19.4 Å². The highest BCUT2D eigenvalue weighted by molar-refractivity contribution is 7.47. The normalized spacial score (nSPS) is 22.9. The van der Waals surface area contributed by atoms with Crippen LogP contribution in [-0.4, -0.2) is 48.9 Å². The molecular formula is C22H19ClFN2O10P. The summed E-state index contributed by atoms with van der Waals surface area (Å²) in [6.07, 6.45) is -3.62. The molecule has 1 unspecified atom stereocenters. The molecule has 4 atom stereocenters. The highest BCUT2D eigenvalue weighted by Gasteiger charge is 2.55. The first-order valence-electron chi connectivity index (χ1n) is 10.5. The molecule has 0 bridgehead atoms. The number of nitrogens with one attached hydrogen (secondary N) is 1. The second kappa shape index (κ2) is 10.2. The first-order valence-corrected chi connectivity index (χ1v) is 12.4. The molecule has 3 aromatic rings. The van der Waals surface area contributed by atoms with Crippen molar-refractivity contribution in [2.75, 3.05) is 6.61 Å². The van der Waals surface area contributed by atoms with E-state index in [9.17, 15) is 38.4 Å². The number of phosphoric ester groups is 1. The highest BCUT2D eigenvalue weighted by Crippen LogP contribution is 2.48. The molecule has 2 heterocycles. The van der Waals surface area contributed by atoms with E-state index in [0.29, 0.717) is 26.9 Å². The summed E-state index contributed by atoms with van der Waals surface area (Å²) in [5.41, 5.74) is -4.15. The van der Waals surface area contributed by atoms with Crippen molar-refractivity contribution in [2.24, 2.45) is 0 Å². The van der Waals surface area contributed by atoms with Crippen molar-refractivity contribution in [3.63, 3.8) is 0 Å². The van der Waals surface area contributed by atoms with E-state index >= 15 is 0 Å². The molecule has 1 saturated heterocycles. The van der Waals surface area contributed by atoms with Gasteiger partial charge in [0.1, 0.15) is 18.1 Å². The molecule has 4 N–H and O–H groups in total. The molecular weight excluding hydrogens is 538 g/mol. The summed E-state index contributed by atoms with van der Waals surface area (Å²) in [4.78, 5) is 47.1. The number of aromatic amines is 1. The van der Waals surface area contributed by atoms with Crippen molar-refractivity contribution in [3.8, 4) is 16.9 Å². The molecule has 0 radical (unpaired) electrons. The van der Waals surface area contributed by atoms with Gasteiger partial charge < -0.3 is 19.5 Å². The van der Waals surface area contributed by atoms with Gasteiger partial charge in [-0.25, -0.2) is 14.2 Å². The Balaban J connectivity index is 1.55. The number of benzene rings is 2. The topological polar surface area (TPSA) is 177 Å². The summed E-state index contributed by atoms with van der Waals surface area (Å²) < 4.78 is 42.5. The number of H-pyrrole nitrogens is 1. The number of nitrogens with zero attached hydrogens (tertiary/aromatic N) is 1. The lowest BCUT2D eigenvalue weighted by Gasteiger charge is -2.24. The zero-order chi connectivity index (χ0) is 27.0. The molecule has 2 aromatic carbocycles. The summed E-state index contributed by atoms with van der Waals surface area (Å²) in [5, 5.41) is 20.5. The van der Waals surface area contributed by atoms with Gasteiger partial charge in [-0.05, 0) is 23.8 Å². The van der Waals surface area contributed by atoms with E-state index in [1.165, 1.54) is 18.2 Å². The second-order valence-corrected chi connectivity index (χ2v) is 9.83. The lowest BCUT2D eigenvalue weighted by atomic mass is 9.95. The molecule has 0 aliphatic carbocycles. The van der Waals surface area contributed by atoms with Gasteiger partial charge in [0, 0.05) is 17.0 Å². The summed E-state index contributed by atoms with van der Waals surface area (Å²) in [6.45, 7) is -0.970. The fourth-order valence-corrected chi connectivity index (χ4v) is 4.68. The Bertz CT molecular complexity index is 1500. The number of ether oxygens (including phenoxy) is 1. The molecule has 196 valence electrons. The number of carbonyl (C=O) groups is 1. The van der Waals surface area contributed by atoms with Crippen LogP contribution in [0, 0.1) is 5.82 Å². The Morgan fingerprint density at radius 2 is 1.97 bits per heavy atom. The van der Waals surface area contributed by atoms with E-state index in [1.54, 1.807) is 35.3 Å². The molecule has 0 saturated carbocycles. The van der Waals surface area contributed by atoms with Gasteiger partial charge in [0.05, 0.1) is 12.8 Å². The molecule has 0 spiro atoms. The van der Waals surface area contributed by atoms with Crippen molar-refractivity contribution in [3.05, 3.63) is 86.4 Å². The predicted octanol–water partition coefficient (Wildman–Crippen LogP) is 2.30. The van der Waals surface area contributed by atoms with Gasteiger partial charge in [-0.1, -0.05) is 41.9 Å². The minimum atomic E-state index is -4.93. The molecule has 0 amide bonds. The van der Waals surface area contributed by atoms with Crippen LogP contribution in [0.5, 0.6) is 5.75 Å². The maximum atomic E-state index is 13.7. The monoisotopic (exact) mass is 556 g/mol. The van der Waals surface area contributed by atoms with Gasteiger partial charge >= 0.3 is 19.5 Å². The van der Waals surface area contributed by atoms with Crippen LogP contribution in [0.3, 0.4) is 0 Å². The Hall–Kier alpha value is -3.32. The highest BCUT2D eigenvalue weighted by atomic mass is 35.5. The first-order chi connectivity index (χ1) is 17.4. The molecule has 37 heavy (non-hydrogen) atoms. The Morgan fingerprint density at radius 1 is 1.27 bits per heavy atom. The molecule has 15 heteroatoms. The third-order valence-electron chi connectivity index (χ3n) is 5.57. The quantitative estimate of drug-likeness (QED) is 0.301. The van der Waals surface area contributed by atoms with Crippen LogP contribution < -0.4 is 15.8 Å². The Labute approximate surface area is 212 Å². The zero-order valence-electron chi connectivity index (χ0n) is 18.6. The number of aliphatic hydroxyl groups is 1. The zero-order valence-corrected chi connectivity index (χ0v) is 20.3. The number of aliphatic carboxylic acids is 1. The van der Waals surface area contributed by atoms with Crippen molar-refractivity contribution in [1.29, 1.82) is 0 Å². The standard InChI is InChI=1S/C22H19ClFN2O10P/c23-13-6-7-16(14(8-13)12-4-2-1-3-5-12)36-37(32,33)34-11-17-22(31,20(28)29)9-18(35-17)26-10-15(24)19(27)25-21(26)30/h1-8,10,17-18,31H,9,11H2,(H,28,29)(H,32,33)(H,25,27,30)/t17-,18-,22+/m1/s1. The predicted molar refractivity (Wildman–Crippen MR) is 126 cm³/mol. The smallest absolute Gasteiger partial charge is 0.479 e. The molecule has 1 aliphatic heterocycles. The third-order valence-corrected chi connectivity index (χ3v) is 6.71. The van der Waals surface area contributed by atoms with Crippen LogP contribution in [0.4, 0.5) is 4.39 Å². The minimum absolute atomic E-state index is 0.0737. The summed E-state index contributed by atoms with van der Waals surface area (Å²) in [5.74, 6) is -3.22. The third kappa shape index (κ3) is 5.67. The number of phosphoric acid groups is 1. The first kappa shape index (κ1) is 26.7. The lowest BCUT2D eigenvalue weighted by molar-refractivity contribution is -0.166. The number of carboxylic acid groups (broad SMARTS) is 1. The van der Waals surface area contributed by atoms with Gasteiger partial charge in [-0.2, -0.15) is 4.39 Å². The van der Waals surface area contributed by atoms with Crippen LogP contribution in [0.15, 0.2) is 64.3 Å². The van der Waals surface area contributed by atoms with E-state index < -0.39 is 61.8 Å². The second-order valence-electron chi connectivity index (χ2n) is 8.02. The van der Waals surface area contributed by atoms with Crippen molar-refractivity contribution >= 4 is 25.4 Å². The van der Waals surface area contributed by atoms with E-state index in [-0.39, 0.29) is 5.75 Å². The average Bonchev–Trinajstić information content (AvgIpc) is 3.19. The number of carboxylic acids is 1. The van der Waals surface area contributed by atoms with E-state index in [4.69, 9.17) is 25.4 Å². The van der Waals surface area contributed by atoms with Crippen molar-refractivity contribution in [1.82, 2.24) is 9.55 Å². The Morgan fingerprint density at radius 3 is 2.65 bits per heavy atom. The SMILES string of the molecule is O=C(O)[C@]1(O)C[C@H](n2cc(F)c(=O)[nH]c2=O)O[C@@H]1COP(=O)(O)Oc1ccc(Cl)cc1-c1ccccc1. The molecule has 1 aliphatic rings.